The fourth-order valence-electron chi connectivity index (χ4n) is 1.39. The number of hydrogen-bond acceptors (Lipinski definition) is 2. The predicted octanol–water partition coefficient (Wildman–Crippen LogP) is 2.22. The summed E-state index contributed by atoms with van der Waals surface area (Å²) in [4.78, 5) is 0. The minimum atomic E-state index is -0.777. The Morgan fingerprint density at radius 3 is 1.75 bits per heavy atom. The van der Waals surface area contributed by atoms with Crippen LogP contribution >= 0.6 is 0 Å². The molecule has 2 nitrogen and oxygen atoms in total. The Labute approximate surface area is 102 Å². The number of hydrogen-bond donors (Lipinski definition) is 0. The summed E-state index contributed by atoms with van der Waals surface area (Å²) in [5.74, 6) is 2.57. The Morgan fingerprint density at radius 2 is 1.38 bits per heavy atom. The normalized spacial score (nSPS) is 14.6. The summed E-state index contributed by atoms with van der Waals surface area (Å²) < 4.78 is 22.8. The van der Waals surface area contributed by atoms with Gasteiger partial charge in [-0.15, -0.1) is 0 Å². The lowest BCUT2D eigenvalue weighted by atomic mass is 10.2. The first-order chi connectivity index (χ1) is 7.65. The Bertz CT molecular complexity index is 355. The second-order valence-electron chi connectivity index (χ2n) is 3.57. The molecule has 0 aliphatic rings. The van der Waals surface area contributed by atoms with Crippen LogP contribution in [0.5, 0.6) is 0 Å². The fourth-order valence-corrected chi connectivity index (χ4v) is 2.90. The van der Waals surface area contributed by atoms with Crippen LogP contribution < -0.4 is 0 Å². The van der Waals surface area contributed by atoms with Crippen molar-refractivity contribution in [3.63, 3.8) is 0 Å². The van der Waals surface area contributed by atoms with E-state index in [1.165, 1.54) is 0 Å². The standard InChI is InChI=1S/C12H18O2S2/c1-3-15(13)9-11-6-5-7-12(8-11)10-16(14)4-2/h5-8H,3-4,9-10H2,1-2H3. The number of benzene rings is 1. The van der Waals surface area contributed by atoms with Crippen molar-refractivity contribution in [1.82, 2.24) is 0 Å². The summed E-state index contributed by atoms with van der Waals surface area (Å²) in [6.45, 7) is 3.85. The molecule has 1 aromatic rings. The van der Waals surface area contributed by atoms with Crippen LogP contribution in [0.4, 0.5) is 0 Å². The highest BCUT2D eigenvalue weighted by atomic mass is 32.2. The van der Waals surface area contributed by atoms with E-state index in [2.05, 4.69) is 0 Å². The molecule has 0 aliphatic carbocycles. The minimum Gasteiger partial charge on any atom is -0.259 e. The second kappa shape index (κ2) is 6.97. The fraction of sp³-hybridized carbons (Fsp3) is 0.500. The number of rotatable bonds is 6. The molecule has 0 aromatic heterocycles. The molecular formula is C12H18O2S2. The maximum Gasteiger partial charge on any atom is 0.0485 e. The van der Waals surface area contributed by atoms with Gasteiger partial charge in [0.25, 0.3) is 0 Å². The van der Waals surface area contributed by atoms with Gasteiger partial charge in [-0.3, -0.25) is 8.42 Å². The first-order valence-electron chi connectivity index (χ1n) is 5.43. The molecule has 0 saturated carbocycles. The molecule has 1 rings (SSSR count). The first-order valence-corrected chi connectivity index (χ1v) is 8.41. The lowest BCUT2D eigenvalue weighted by molar-refractivity contribution is 0.683. The van der Waals surface area contributed by atoms with Crippen LogP contribution in [0.2, 0.25) is 0 Å². The Morgan fingerprint density at radius 1 is 0.938 bits per heavy atom. The Balaban J connectivity index is 2.71. The molecule has 0 aliphatic heterocycles. The van der Waals surface area contributed by atoms with E-state index in [1.54, 1.807) is 0 Å². The molecule has 1 aromatic carbocycles. The SMILES string of the molecule is CCS(=O)Cc1cccc(CS(=O)CC)c1. The van der Waals surface area contributed by atoms with Gasteiger partial charge in [0.05, 0.1) is 0 Å². The van der Waals surface area contributed by atoms with Crippen molar-refractivity contribution in [3.05, 3.63) is 35.4 Å². The van der Waals surface area contributed by atoms with E-state index < -0.39 is 21.6 Å². The average molecular weight is 258 g/mol. The van der Waals surface area contributed by atoms with Crippen molar-refractivity contribution < 1.29 is 8.42 Å². The molecule has 2 unspecified atom stereocenters. The average Bonchev–Trinajstić information content (AvgIpc) is 2.29. The summed E-state index contributed by atoms with van der Waals surface area (Å²) >= 11 is 0. The highest BCUT2D eigenvalue weighted by Gasteiger charge is 2.03. The molecule has 0 fully saturated rings. The zero-order chi connectivity index (χ0) is 12.0. The second-order valence-corrected chi connectivity index (χ2v) is 7.06. The zero-order valence-corrected chi connectivity index (χ0v) is 11.4. The Hall–Kier alpha value is -0.480. The summed E-state index contributed by atoms with van der Waals surface area (Å²) in [6.07, 6.45) is 0. The van der Waals surface area contributed by atoms with Crippen molar-refractivity contribution >= 4 is 21.6 Å². The van der Waals surface area contributed by atoms with Gasteiger partial charge < -0.3 is 0 Å². The minimum absolute atomic E-state index is 0.600. The van der Waals surface area contributed by atoms with Crippen molar-refractivity contribution in [3.8, 4) is 0 Å². The van der Waals surface area contributed by atoms with Crippen LogP contribution in [0, 0.1) is 0 Å². The summed E-state index contributed by atoms with van der Waals surface area (Å²) in [7, 11) is -1.55. The molecule has 2 atom stereocenters. The highest BCUT2D eigenvalue weighted by Crippen LogP contribution is 2.10. The van der Waals surface area contributed by atoms with E-state index >= 15 is 0 Å². The van der Waals surface area contributed by atoms with Crippen LogP contribution in [-0.4, -0.2) is 19.9 Å². The first kappa shape index (κ1) is 13.6. The molecule has 0 amide bonds. The van der Waals surface area contributed by atoms with Crippen molar-refractivity contribution in [2.24, 2.45) is 0 Å². The third-order valence-corrected chi connectivity index (χ3v) is 4.89. The lowest BCUT2D eigenvalue weighted by Crippen LogP contribution is -2.01. The monoisotopic (exact) mass is 258 g/mol. The van der Waals surface area contributed by atoms with Crippen molar-refractivity contribution in [1.29, 1.82) is 0 Å². The van der Waals surface area contributed by atoms with Crippen LogP contribution in [0.3, 0.4) is 0 Å². The summed E-state index contributed by atoms with van der Waals surface area (Å²) in [5, 5.41) is 0. The van der Waals surface area contributed by atoms with Crippen molar-refractivity contribution in [2.75, 3.05) is 11.5 Å². The van der Waals surface area contributed by atoms with E-state index in [0.717, 1.165) is 11.1 Å². The predicted molar refractivity (Wildman–Crippen MR) is 71.2 cm³/mol. The van der Waals surface area contributed by atoms with Crippen LogP contribution in [0.1, 0.15) is 25.0 Å². The molecule has 90 valence electrons. The topological polar surface area (TPSA) is 34.1 Å². The van der Waals surface area contributed by atoms with Gasteiger partial charge in [0, 0.05) is 44.6 Å². The maximum absolute atomic E-state index is 11.4. The van der Waals surface area contributed by atoms with Gasteiger partial charge in [0.1, 0.15) is 0 Å². The summed E-state index contributed by atoms with van der Waals surface area (Å²) in [6, 6.07) is 7.92. The smallest absolute Gasteiger partial charge is 0.0485 e. The maximum atomic E-state index is 11.4. The van der Waals surface area contributed by atoms with E-state index in [9.17, 15) is 8.42 Å². The van der Waals surface area contributed by atoms with Gasteiger partial charge in [0.15, 0.2) is 0 Å². The molecule has 0 heterocycles. The Kier molecular flexibility index (Phi) is 5.91. The molecule has 0 saturated heterocycles. The molecule has 4 heteroatoms. The van der Waals surface area contributed by atoms with Gasteiger partial charge in [-0.05, 0) is 11.1 Å². The third-order valence-electron chi connectivity index (χ3n) is 2.29. The van der Waals surface area contributed by atoms with Crippen LogP contribution in [0.15, 0.2) is 24.3 Å². The van der Waals surface area contributed by atoms with Gasteiger partial charge >= 0.3 is 0 Å². The van der Waals surface area contributed by atoms with Crippen molar-refractivity contribution in [2.45, 2.75) is 25.4 Å². The van der Waals surface area contributed by atoms with E-state index in [4.69, 9.17) is 0 Å². The third kappa shape index (κ3) is 4.58. The molecule has 0 radical (unpaired) electrons. The van der Waals surface area contributed by atoms with Crippen LogP contribution in [-0.2, 0) is 33.1 Å². The van der Waals surface area contributed by atoms with Gasteiger partial charge in [-0.1, -0.05) is 38.1 Å². The van der Waals surface area contributed by atoms with E-state index in [0.29, 0.717) is 23.0 Å². The van der Waals surface area contributed by atoms with E-state index in [-0.39, 0.29) is 0 Å². The largest absolute Gasteiger partial charge is 0.259 e. The van der Waals surface area contributed by atoms with Crippen LogP contribution in [0.25, 0.3) is 0 Å². The lowest BCUT2D eigenvalue weighted by Gasteiger charge is -2.04. The van der Waals surface area contributed by atoms with Gasteiger partial charge in [-0.2, -0.15) is 0 Å². The molecule has 0 spiro atoms. The quantitative estimate of drug-likeness (QED) is 0.784. The molecular weight excluding hydrogens is 240 g/mol. The molecule has 0 bridgehead atoms. The van der Waals surface area contributed by atoms with E-state index in [1.807, 2.05) is 38.1 Å². The van der Waals surface area contributed by atoms with Gasteiger partial charge in [0.2, 0.25) is 0 Å². The summed E-state index contributed by atoms with van der Waals surface area (Å²) in [5.41, 5.74) is 2.15. The highest BCUT2D eigenvalue weighted by molar-refractivity contribution is 7.84. The zero-order valence-electron chi connectivity index (χ0n) is 9.77. The molecule has 0 N–H and O–H groups in total. The van der Waals surface area contributed by atoms with Gasteiger partial charge in [-0.25, -0.2) is 0 Å². The molecule has 16 heavy (non-hydrogen) atoms.